The number of thiophene rings is 1. The number of esters is 1. The van der Waals surface area contributed by atoms with Crippen molar-refractivity contribution in [3.05, 3.63) is 64.0 Å². The molecule has 194 valence electrons. The minimum atomic E-state index is -0.451. The van der Waals surface area contributed by atoms with Gasteiger partial charge in [0.2, 0.25) is 0 Å². The van der Waals surface area contributed by atoms with Gasteiger partial charge in [-0.25, -0.2) is 14.8 Å². The van der Waals surface area contributed by atoms with Crippen LogP contribution in [-0.2, 0) is 15.9 Å². The molecule has 0 unspecified atom stereocenters. The molecule has 0 saturated carbocycles. The van der Waals surface area contributed by atoms with Crippen molar-refractivity contribution in [3.8, 4) is 27.4 Å². The van der Waals surface area contributed by atoms with E-state index in [9.17, 15) is 4.79 Å². The average molecular weight is 538 g/mol. The van der Waals surface area contributed by atoms with Crippen LogP contribution in [0.15, 0.2) is 48.7 Å². The summed E-state index contributed by atoms with van der Waals surface area (Å²) in [4.78, 5) is 25.5. The number of carbonyl (C=O) groups excluding carboxylic acids is 1. The van der Waals surface area contributed by atoms with E-state index in [0.717, 1.165) is 38.7 Å². The van der Waals surface area contributed by atoms with Crippen molar-refractivity contribution in [1.29, 1.82) is 0 Å². The van der Waals surface area contributed by atoms with Crippen molar-refractivity contribution in [2.45, 2.75) is 27.2 Å². The van der Waals surface area contributed by atoms with Crippen LogP contribution >= 0.6 is 22.7 Å². The van der Waals surface area contributed by atoms with Crippen LogP contribution in [0, 0.1) is 12.8 Å². The lowest BCUT2D eigenvalue weighted by Crippen LogP contribution is -2.07. The number of nitrogens with zero attached hydrogens (tertiary/aromatic N) is 2. The first-order valence-electron chi connectivity index (χ1n) is 12.0. The summed E-state index contributed by atoms with van der Waals surface area (Å²) in [5.41, 5.74) is 3.15. The van der Waals surface area contributed by atoms with Crippen molar-refractivity contribution < 1.29 is 19.0 Å². The van der Waals surface area contributed by atoms with Gasteiger partial charge in [-0.1, -0.05) is 13.8 Å². The number of carbonyl (C=O) groups is 1. The van der Waals surface area contributed by atoms with E-state index in [1.54, 1.807) is 36.0 Å². The molecule has 0 aliphatic heterocycles. The molecule has 0 amide bonds. The second kappa shape index (κ2) is 12.3. The number of nitrogens with one attached hydrogen (secondary N) is 1. The predicted molar refractivity (Wildman–Crippen MR) is 150 cm³/mol. The molecular formula is C28H31N3O4S2. The zero-order chi connectivity index (χ0) is 26.4. The van der Waals surface area contributed by atoms with Gasteiger partial charge in [0, 0.05) is 39.1 Å². The summed E-state index contributed by atoms with van der Waals surface area (Å²) in [6, 6.07) is 13.8. The van der Waals surface area contributed by atoms with Gasteiger partial charge in [0.1, 0.15) is 23.7 Å². The maximum atomic E-state index is 12.6. The summed E-state index contributed by atoms with van der Waals surface area (Å²) in [7, 11) is 3.03. The molecule has 0 bridgehead atoms. The SMILES string of the molecule is COCCOc1ccc(-c2nc(Nc3ncc(-c4ccc(C)s4)cc3C(=O)OC)sc2CC(C)C)cc1. The third kappa shape index (κ3) is 6.74. The number of anilines is 2. The summed E-state index contributed by atoms with van der Waals surface area (Å²) < 4.78 is 15.8. The Morgan fingerprint density at radius 3 is 2.46 bits per heavy atom. The van der Waals surface area contributed by atoms with Crippen LogP contribution < -0.4 is 10.1 Å². The number of thiazole rings is 1. The highest BCUT2D eigenvalue weighted by atomic mass is 32.1. The molecule has 4 rings (SSSR count). The zero-order valence-electron chi connectivity index (χ0n) is 21.7. The number of hydrogen-bond donors (Lipinski definition) is 1. The molecule has 1 aromatic carbocycles. The van der Waals surface area contributed by atoms with Gasteiger partial charge in [0.05, 0.1) is 19.4 Å². The lowest BCUT2D eigenvalue weighted by molar-refractivity contribution is 0.0601. The molecule has 0 fully saturated rings. The van der Waals surface area contributed by atoms with E-state index >= 15 is 0 Å². The van der Waals surface area contributed by atoms with Crippen molar-refractivity contribution in [2.75, 3.05) is 32.8 Å². The molecule has 1 N–H and O–H groups in total. The van der Waals surface area contributed by atoms with Crippen LogP contribution in [0.5, 0.6) is 5.75 Å². The van der Waals surface area contributed by atoms with Gasteiger partial charge in [0.15, 0.2) is 5.13 Å². The average Bonchev–Trinajstić information content (AvgIpc) is 3.50. The predicted octanol–water partition coefficient (Wildman–Crippen LogP) is 7.00. The number of pyridine rings is 1. The van der Waals surface area contributed by atoms with E-state index < -0.39 is 5.97 Å². The standard InChI is InChI=1S/C28H31N3O4S2/c1-17(2)14-24-25(19-7-9-21(10-8-19)35-13-12-33-4)30-28(37-24)31-26-22(27(32)34-5)15-20(16-29-26)23-11-6-18(3)36-23/h6-11,15-17H,12-14H2,1-5H3,(H,29,30,31). The number of methoxy groups -OCH3 is 2. The fourth-order valence-electron chi connectivity index (χ4n) is 3.75. The van der Waals surface area contributed by atoms with Crippen LogP contribution in [0.1, 0.15) is 34.0 Å². The third-order valence-electron chi connectivity index (χ3n) is 5.52. The number of rotatable bonds is 11. The Morgan fingerprint density at radius 2 is 1.81 bits per heavy atom. The molecule has 7 nitrogen and oxygen atoms in total. The fourth-order valence-corrected chi connectivity index (χ4v) is 5.79. The van der Waals surface area contributed by atoms with Gasteiger partial charge >= 0.3 is 5.97 Å². The highest BCUT2D eigenvalue weighted by Crippen LogP contribution is 2.36. The zero-order valence-corrected chi connectivity index (χ0v) is 23.3. The summed E-state index contributed by atoms with van der Waals surface area (Å²) in [6.45, 7) is 7.46. The monoisotopic (exact) mass is 537 g/mol. The van der Waals surface area contributed by atoms with Gasteiger partial charge in [0.25, 0.3) is 0 Å². The third-order valence-corrected chi connectivity index (χ3v) is 7.56. The van der Waals surface area contributed by atoms with Gasteiger partial charge < -0.3 is 19.5 Å². The van der Waals surface area contributed by atoms with E-state index in [4.69, 9.17) is 19.2 Å². The number of hydrogen-bond acceptors (Lipinski definition) is 9. The summed E-state index contributed by atoms with van der Waals surface area (Å²) in [5.74, 6) is 1.21. The number of aromatic nitrogens is 2. The fraction of sp³-hybridized carbons (Fsp3) is 0.321. The van der Waals surface area contributed by atoms with Crippen LogP contribution in [0.3, 0.4) is 0 Å². The van der Waals surface area contributed by atoms with Gasteiger partial charge in [-0.05, 0) is 61.7 Å². The number of ether oxygens (including phenoxy) is 3. The van der Waals surface area contributed by atoms with Crippen LogP contribution in [0.25, 0.3) is 21.7 Å². The van der Waals surface area contributed by atoms with Gasteiger partial charge in [-0.2, -0.15) is 0 Å². The van der Waals surface area contributed by atoms with Crippen molar-refractivity contribution in [1.82, 2.24) is 9.97 Å². The molecule has 9 heteroatoms. The first-order chi connectivity index (χ1) is 17.9. The molecule has 0 atom stereocenters. The van der Waals surface area contributed by atoms with Crippen molar-refractivity contribution in [3.63, 3.8) is 0 Å². The maximum absolute atomic E-state index is 12.6. The Morgan fingerprint density at radius 1 is 1.03 bits per heavy atom. The first-order valence-corrected chi connectivity index (χ1v) is 13.6. The summed E-state index contributed by atoms with van der Waals surface area (Å²) in [6.07, 6.45) is 2.65. The molecule has 37 heavy (non-hydrogen) atoms. The Balaban J connectivity index is 1.64. The Bertz CT molecular complexity index is 1350. The second-order valence-corrected chi connectivity index (χ2v) is 11.3. The topological polar surface area (TPSA) is 82.6 Å². The Kier molecular flexibility index (Phi) is 8.91. The molecule has 3 aromatic heterocycles. The van der Waals surface area contributed by atoms with E-state index in [-0.39, 0.29) is 0 Å². The lowest BCUT2D eigenvalue weighted by atomic mass is 10.0. The molecular weight excluding hydrogens is 506 g/mol. The number of benzene rings is 1. The van der Waals surface area contributed by atoms with Crippen LogP contribution in [-0.4, -0.2) is 43.4 Å². The Labute approximate surface area is 225 Å². The quantitative estimate of drug-likeness (QED) is 0.163. The van der Waals surface area contributed by atoms with E-state index in [1.165, 1.54) is 12.0 Å². The normalized spacial score (nSPS) is 11.1. The van der Waals surface area contributed by atoms with Crippen molar-refractivity contribution in [2.24, 2.45) is 5.92 Å². The van der Waals surface area contributed by atoms with Gasteiger partial charge in [-0.3, -0.25) is 0 Å². The largest absolute Gasteiger partial charge is 0.491 e. The Hall–Kier alpha value is -3.27. The molecule has 3 heterocycles. The van der Waals surface area contributed by atoms with Crippen molar-refractivity contribution >= 4 is 39.6 Å². The lowest BCUT2D eigenvalue weighted by Gasteiger charge is -2.09. The molecule has 4 aromatic rings. The minimum absolute atomic E-state index is 0.366. The smallest absolute Gasteiger partial charge is 0.341 e. The molecule has 0 spiro atoms. The van der Waals surface area contributed by atoms with E-state index in [0.29, 0.717) is 35.6 Å². The first kappa shape index (κ1) is 26.8. The highest BCUT2D eigenvalue weighted by Gasteiger charge is 2.20. The molecule has 0 saturated heterocycles. The minimum Gasteiger partial charge on any atom is -0.491 e. The summed E-state index contributed by atoms with van der Waals surface area (Å²) in [5, 5.41) is 3.95. The van der Waals surface area contributed by atoms with Crippen LogP contribution in [0.4, 0.5) is 10.9 Å². The molecule has 0 aliphatic rings. The summed E-state index contributed by atoms with van der Waals surface area (Å²) >= 11 is 3.23. The van der Waals surface area contributed by atoms with Gasteiger partial charge in [-0.15, -0.1) is 22.7 Å². The maximum Gasteiger partial charge on any atom is 0.341 e. The number of aryl methyl sites for hydroxylation is 1. The van der Waals surface area contributed by atoms with E-state index in [2.05, 4.69) is 37.1 Å². The molecule has 0 radical (unpaired) electrons. The van der Waals surface area contributed by atoms with E-state index in [1.807, 2.05) is 36.4 Å². The second-order valence-electron chi connectivity index (χ2n) is 8.90. The highest BCUT2D eigenvalue weighted by molar-refractivity contribution is 7.16. The molecule has 0 aliphatic carbocycles. The van der Waals surface area contributed by atoms with Crippen LogP contribution in [0.2, 0.25) is 0 Å².